The van der Waals surface area contributed by atoms with Gasteiger partial charge in [-0.05, 0) is 25.8 Å². The number of guanidine groups is 1. The lowest BCUT2D eigenvalue weighted by atomic mass is 10.3. The van der Waals surface area contributed by atoms with E-state index in [1.807, 2.05) is 24.9 Å². The molecule has 26 heavy (non-hydrogen) atoms. The minimum Gasteiger partial charge on any atom is -0.468 e. The number of allylic oxidation sites excluding steroid dienone is 1. The van der Waals surface area contributed by atoms with Crippen LogP contribution in [0, 0.1) is 0 Å². The summed E-state index contributed by atoms with van der Waals surface area (Å²) in [4.78, 5) is 10.3. The third kappa shape index (κ3) is 9.83. The quantitative estimate of drug-likeness (QED) is 0.189. The molecular formula is C17H26F3IN4O. The van der Waals surface area contributed by atoms with Gasteiger partial charge in [-0.3, -0.25) is 0 Å². The number of hydrogen-bond donors (Lipinski definition) is 1. The van der Waals surface area contributed by atoms with Gasteiger partial charge in [-0.1, -0.05) is 12.1 Å². The van der Waals surface area contributed by atoms with Crippen molar-refractivity contribution in [2.24, 2.45) is 4.99 Å². The Morgan fingerprint density at radius 3 is 2.81 bits per heavy atom. The highest BCUT2D eigenvalue weighted by atomic mass is 127. The molecule has 1 rings (SSSR count). The SMILES string of the molecule is C=CCCCN(C)C(=NCc1cccnc1OCC(F)(F)F)NCC.I. The van der Waals surface area contributed by atoms with Crippen molar-refractivity contribution in [3.05, 3.63) is 36.5 Å². The molecule has 9 heteroatoms. The Bertz CT molecular complexity index is 567. The van der Waals surface area contributed by atoms with Crippen LogP contribution in [0.3, 0.4) is 0 Å². The molecule has 0 radical (unpaired) electrons. The molecule has 0 aliphatic rings. The summed E-state index contributed by atoms with van der Waals surface area (Å²) in [5.74, 6) is 0.630. The van der Waals surface area contributed by atoms with Gasteiger partial charge in [-0.25, -0.2) is 9.98 Å². The van der Waals surface area contributed by atoms with Crippen LogP contribution in [-0.4, -0.2) is 48.8 Å². The first-order valence-electron chi connectivity index (χ1n) is 8.11. The second-order valence-electron chi connectivity index (χ2n) is 5.39. The fourth-order valence-corrected chi connectivity index (χ4v) is 2.03. The minimum absolute atomic E-state index is 0. The molecule has 0 fully saturated rings. The maximum atomic E-state index is 12.3. The van der Waals surface area contributed by atoms with Crippen molar-refractivity contribution in [1.82, 2.24) is 15.2 Å². The monoisotopic (exact) mass is 486 g/mol. The van der Waals surface area contributed by atoms with Crippen LogP contribution >= 0.6 is 24.0 Å². The number of nitrogens with one attached hydrogen (secondary N) is 1. The van der Waals surface area contributed by atoms with Gasteiger partial charge in [0.15, 0.2) is 12.6 Å². The average Bonchev–Trinajstić information content (AvgIpc) is 2.57. The summed E-state index contributed by atoms with van der Waals surface area (Å²) in [5, 5.41) is 3.16. The van der Waals surface area contributed by atoms with Gasteiger partial charge >= 0.3 is 6.18 Å². The number of alkyl halides is 3. The van der Waals surface area contributed by atoms with E-state index in [9.17, 15) is 13.2 Å². The zero-order chi connectivity index (χ0) is 18.7. The second-order valence-corrected chi connectivity index (χ2v) is 5.39. The van der Waals surface area contributed by atoms with Gasteiger partial charge in [0.25, 0.3) is 0 Å². The fraction of sp³-hybridized carbons (Fsp3) is 0.529. The zero-order valence-corrected chi connectivity index (χ0v) is 17.4. The Balaban J connectivity index is 0.00000625. The Morgan fingerprint density at radius 1 is 1.46 bits per heavy atom. The Labute approximate surface area is 169 Å². The summed E-state index contributed by atoms with van der Waals surface area (Å²) in [6.45, 7) is 5.93. The van der Waals surface area contributed by atoms with E-state index in [1.165, 1.54) is 6.20 Å². The van der Waals surface area contributed by atoms with E-state index >= 15 is 0 Å². The lowest BCUT2D eigenvalue weighted by Gasteiger charge is -2.22. The lowest BCUT2D eigenvalue weighted by molar-refractivity contribution is -0.154. The van der Waals surface area contributed by atoms with Crippen molar-refractivity contribution in [2.75, 3.05) is 26.7 Å². The van der Waals surface area contributed by atoms with Crippen LogP contribution in [0.15, 0.2) is 36.0 Å². The number of aliphatic imine (C=N–C) groups is 1. The minimum atomic E-state index is -4.40. The number of nitrogens with zero attached hydrogens (tertiary/aromatic N) is 3. The van der Waals surface area contributed by atoms with Crippen LogP contribution in [-0.2, 0) is 6.54 Å². The molecule has 5 nitrogen and oxygen atoms in total. The molecule has 0 atom stereocenters. The van der Waals surface area contributed by atoms with E-state index in [4.69, 9.17) is 4.74 Å². The largest absolute Gasteiger partial charge is 0.468 e. The Kier molecular flexibility index (Phi) is 12.0. The second kappa shape index (κ2) is 12.8. The fourth-order valence-electron chi connectivity index (χ4n) is 2.03. The zero-order valence-electron chi connectivity index (χ0n) is 15.1. The van der Waals surface area contributed by atoms with E-state index in [0.717, 1.165) is 19.4 Å². The Morgan fingerprint density at radius 2 is 2.19 bits per heavy atom. The van der Waals surface area contributed by atoms with E-state index in [1.54, 1.807) is 12.1 Å². The molecule has 0 bridgehead atoms. The number of unbranched alkanes of at least 4 members (excludes halogenated alkanes) is 1. The molecule has 0 saturated carbocycles. The number of hydrogen-bond acceptors (Lipinski definition) is 3. The van der Waals surface area contributed by atoms with Crippen LogP contribution < -0.4 is 10.1 Å². The smallest absolute Gasteiger partial charge is 0.422 e. The first kappa shape index (κ1) is 24.5. The highest BCUT2D eigenvalue weighted by Crippen LogP contribution is 2.20. The number of aromatic nitrogens is 1. The first-order chi connectivity index (χ1) is 11.9. The molecule has 148 valence electrons. The van der Waals surface area contributed by atoms with Gasteiger partial charge in [-0.15, -0.1) is 30.6 Å². The number of rotatable bonds is 9. The van der Waals surface area contributed by atoms with Crippen molar-refractivity contribution in [3.63, 3.8) is 0 Å². The topological polar surface area (TPSA) is 49.8 Å². The van der Waals surface area contributed by atoms with Crippen molar-refractivity contribution in [3.8, 4) is 5.88 Å². The predicted octanol–water partition coefficient (Wildman–Crippen LogP) is 4.00. The summed E-state index contributed by atoms with van der Waals surface area (Å²) in [5.41, 5.74) is 0.502. The summed E-state index contributed by atoms with van der Waals surface area (Å²) in [6.07, 6.45) is 0.695. The van der Waals surface area contributed by atoms with Crippen LogP contribution in [0.1, 0.15) is 25.3 Å². The molecule has 1 N–H and O–H groups in total. The summed E-state index contributed by atoms with van der Waals surface area (Å²) < 4.78 is 41.8. The average molecular weight is 486 g/mol. The molecule has 0 aromatic carbocycles. The van der Waals surface area contributed by atoms with Crippen molar-refractivity contribution < 1.29 is 17.9 Å². The summed E-state index contributed by atoms with van der Waals surface area (Å²) in [7, 11) is 1.91. The molecule has 0 aliphatic heterocycles. The van der Waals surface area contributed by atoms with Crippen LogP contribution in [0.4, 0.5) is 13.2 Å². The van der Waals surface area contributed by atoms with E-state index in [-0.39, 0.29) is 36.4 Å². The van der Waals surface area contributed by atoms with Gasteiger partial charge in [0.05, 0.1) is 6.54 Å². The summed E-state index contributed by atoms with van der Waals surface area (Å²) >= 11 is 0. The third-order valence-corrected chi connectivity index (χ3v) is 3.22. The van der Waals surface area contributed by atoms with E-state index in [2.05, 4.69) is 21.9 Å². The highest BCUT2D eigenvalue weighted by Gasteiger charge is 2.29. The predicted molar refractivity (Wildman–Crippen MR) is 108 cm³/mol. The third-order valence-electron chi connectivity index (χ3n) is 3.22. The lowest BCUT2D eigenvalue weighted by Crippen LogP contribution is -2.39. The van der Waals surface area contributed by atoms with Gasteiger partial charge in [0, 0.05) is 31.9 Å². The van der Waals surface area contributed by atoms with E-state index in [0.29, 0.717) is 18.1 Å². The highest BCUT2D eigenvalue weighted by molar-refractivity contribution is 14.0. The molecule has 1 aromatic heterocycles. The molecular weight excluding hydrogens is 460 g/mol. The molecule has 0 aliphatic carbocycles. The van der Waals surface area contributed by atoms with Crippen LogP contribution in [0.5, 0.6) is 5.88 Å². The maximum Gasteiger partial charge on any atom is 0.422 e. The molecule has 0 spiro atoms. The van der Waals surface area contributed by atoms with Crippen molar-refractivity contribution in [2.45, 2.75) is 32.5 Å². The van der Waals surface area contributed by atoms with Crippen molar-refractivity contribution >= 4 is 29.9 Å². The number of ether oxygens (including phenoxy) is 1. The normalized spacial score (nSPS) is 11.5. The standard InChI is InChI=1S/C17H25F3N4O.HI/c1-4-6-7-11-24(3)16(21-5-2)23-12-14-9-8-10-22-15(14)25-13-17(18,19)20;/h4,8-10H,1,5-7,11-13H2,2-3H3,(H,21,23);1H. The van der Waals surface area contributed by atoms with Crippen LogP contribution in [0.2, 0.25) is 0 Å². The molecule has 0 unspecified atom stereocenters. The molecule has 1 heterocycles. The number of halogens is 4. The van der Waals surface area contributed by atoms with Gasteiger partial charge in [-0.2, -0.15) is 13.2 Å². The first-order valence-corrected chi connectivity index (χ1v) is 8.11. The van der Waals surface area contributed by atoms with Gasteiger partial charge in [0.1, 0.15) is 0 Å². The van der Waals surface area contributed by atoms with Crippen LogP contribution in [0.25, 0.3) is 0 Å². The van der Waals surface area contributed by atoms with Crippen molar-refractivity contribution in [1.29, 1.82) is 0 Å². The number of pyridine rings is 1. The molecule has 1 aromatic rings. The molecule has 0 amide bonds. The Hall–Kier alpha value is -1.52. The maximum absolute atomic E-state index is 12.3. The van der Waals surface area contributed by atoms with Gasteiger partial charge < -0.3 is 15.0 Å². The van der Waals surface area contributed by atoms with E-state index < -0.39 is 12.8 Å². The molecule has 0 saturated heterocycles. The summed E-state index contributed by atoms with van der Waals surface area (Å²) in [6, 6.07) is 3.30. The van der Waals surface area contributed by atoms with Gasteiger partial charge in [0.2, 0.25) is 5.88 Å².